The van der Waals surface area contributed by atoms with Crippen molar-refractivity contribution in [2.45, 2.75) is 71.7 Å². The summed E-state index contributed by atoms with van der Waals surface area (Å²) in [5.41, 5.74) is -0.664. The molecule has 1 aromatic carbocycles. The van der Waals surface area contributed by atoms with Gasteiger partial charge in [0.2, 0.25) is 0 Å². The quantitative estimate of drug-likeness (QED) is 0.637. The molecule has 1 aromatic rings. The van der Waals surface area contributed by atoms with Crippen molar-refractivity contribution in [3.8, 4) is 5.75 Å². The highest BCUT2D eigenvalue weighted by Gasteiger charge is 2.53. The van der Waals surface area contributed by atoms with Gasteiger partial charge in [-0.05, 0) is 78.2 Å². The second-order valence-electron chi connectivity index (χ2n) is 8.86. The van der Waals surface area contributed by atoms with Crippen LogP contribution in [0.2, 0.25) is 0 Å². The number of ether oxygens (including phenoxy) is 2. The Morgan fingerprint density at radius 1 is 1.11 bits per heavy atom. The molecule has 0 N–H and O–H groups in total. The predicted octanol–water partition coefficient (Wildman–Crippen LogP) is 5.21. The summed E-state index contributed by atoms with van der Waals surface area (Å²) in [4.78, 5) is 0. The zero-order valence-electron chi connectivity index (χ0n) is 17.8. The van der Waals surface area contributed by atoms with E-state index in [4.69, 9.17) is 18.8 Å². The van der Waals surface area contributed by atoms with Crippen LogP contribution >= 0.6 is 0 Å². The van der Waals surface area contributed by atoms with E-state index in [1.807, 2.05) is 72.7 Å². The molecular formula is C21H32BFO4. The number of methoxy groups -OCH3 is 1. The van der Waals surface area contributed by atoms with Crippen LogP contribution in [0.5, 0.6) is 5.75 Å². The second-order valence-corrected chi connectivity index (χ2v) is 8.86. The van der Waals surface area contributed by atoms with Crippen LogP contribution < -0.4 is 4.74 Å². The van der Waals surface area contributed by atoms with Gasteiger partial charge in [0.1, 0.15) is 11.5 Å². The van der Waals surface area contributed by atoms with Gasteiger partial charge in [0.25, 0.3) is 0 Å². The summed E-state index contributed by atoms with van der Waals surface area (Å²) in [7, 11) is 0.557. The molecular weight excluding hydrogens is 346 g/mol. The van der Waals surface area contributed by atoms with E-state index in [1.165, 1.54) is 0 Å². The van der Waals surface area contributed by atoms with Crippen molar-refractivity contribution in [1.82, 2.24) is 0 Å². The SMILES string of the molecule is COc1cccc(C(CCOC(C)(C)C)=C(F)B2OC(C)(C)C(C)(C)O2)c1. The Kier molecular flexibility index (Phi) is 6.45. The van der Waals surface area contributed by atoms with Gasteiger partial charge in [-0.25, -0.2) is 4.39 Å². The summed E-state index contributed by atoms with van der Waals surface area (Å²) in [6.07, 6.45) is 0.403. The first-order chi connectivity index (χ1) is 12.4. The third-order valence-electron chi connectivity index (χ3n) is 5.05. The van der Waals surface area contributed by atoms with Crippen LogP contribution in [0.1, 0.15) is 60.5 Å². The van der Waals surface area contributed by atoms with E-state index in [-0.39, 0.29) is 5.60 Å². The third-order valence-corrected chi connectivity index (χ3v) is 5.05. The normalized spacial score (nSPS) is 19.8. The Labute approximate surface area is 163 Å². The van der Waals surface area contributed by atoms with Crippen molar-refractivity contribution >= 4 is 12.7 Å². The standard InChI is InChI=1S/C21H32BFO4/c1-19(2,3)25-13-12-17(15-10-9-11-16(14-15)24-8)18(23)22-26-20(4,5)21(6,7)27-22/h9-11,14H,12-13H2,1-8H3. The lowest BCUT2D eigenvalue weighted by Crippen LogP contribution is -2.41. The largest absolute Gasteiger partial charge is 0.525 e. The smallest absolute Gasteiger partial charge is 0.497 e. The first-order valence-corrected chi connectivity index (χ1v) is 9.39. The second kappa shape index (κ2) is 7.94. The van der Waals surface area contributed by atoms with Gasteiger partial charge in [-0.15, -0.1) is 0 Å². The van der Waals surface area contributed by atoms with E-state index in [2.05, 4.69) is 0 Å². The number of halogens is 1. The molecule has 0 aromatic heterocycles. The lowest BCUT2D eigenvalue weighted by atomic mass is 9.82. The zero-order valence-corrected chi connectivity index (χ0v) is 17.8. The maximum absolute atomic E-state index is 15.5. The molecule has 0 spiro atoms. The molecule has 1 saturated heterocycles. The van der Waals surface area contributed by atoms with Crippen LogP contribution in [-0.2, 0) is 14.0 Å². The van der Waals surface area contributed by atoms with Gasteiger partial charge in [-0.2, -0.15) is 0 Å². The molecule has 27 heavy (non-hydrogen) atoms. The highest BCUT2D eigenvalue weighted by Crippen LogP contribution is 2.41. The van der Waals surface area contributed by atoms with E-state index >= 15 is 4.39 Å². The zero-order chi connectivity index (χ0) is 20.5. The van der Waals surface area contributed by atoms with Gasteiger partial charge in [-0.3, -0.25) is 0 Å². The first kappa shape index (κ1) is 21.9. The van der Waals surface area contributed by atoms with Crippen LogP contribution in [0.15, 0.2) is 30.0 Å². The van der Waals surface area contributed by atoms with Crippen molar-refractivity contribution in [1.29, 1.82) is 0 Å². The van der Waals surface area contributed by atoms with Crippen molar-refractivity contribution < 1.29 is 23.2 Å². The monoisotopic (exact) mass is 378 g/mol. The van der Waals surface area contributed by atoms with Gasteiger partial charge in [0.15, 0.2) is 0 Å². The van der Waals surface area contributed by atoms with E-state index in [1.54, 1.807) is 7.11 Å². The van der Waals surface area contributed by atoms with E-state index in [9.17, 15) is 0 Å². The molecule has 0 unspecified atom stereocenters. The molecule has 1 aliphatic heterocycles. The Bertz CT molecular complexity index is 676. The molecule has 6 heteroatoms. The van der Waals surface area contributed by atoms with Gasteiger partial charge < -0.3 is 18.8 Å². The lowest BCUT2D eigenvalue weighted by molar-refractivity contribution is 0.000562. The summed E-state index contributed by atoms with van der Waals surface area (Å²) in [5.74, 6) is 0.670. The molecule has 1 heterocycles. The Morgan fingerprint density at radius 2 is 1.70 bits per heavy atom. The lowest BCUT2D eigenvalue weighted by Gasteiger charge is -2.32. The van der Waals surface area contributed by atoms with Crippen LogP contribution in [0.3, 0.4) is 0 Å². The molecule has 2 rings (SSSR count). The molecule has 0 bridgehead atoms. The van der Waals surface area contributed by atoms with Gasteiger partial charge in [-0.1, -0.05) is 12.1 Å². The molecule has 150 valence electrons. The molecule has 0 amide bonds. The average molecular weight is 378 g/mol. The van der Waals surface area contributed by atoms with Crippen LogP contribution in [-0.4, -0.2) is 37.6 Å². The fraction of sp³-hybridized carbons (Fsp3) is 0.619. The van der Waals surface area contributed by atoms with Crippen LogP contribution in [0.25, 0.3) is 5.57 Å². The highest BCUT2D eigenvalue weighted by molar-refractivity contribution is 6.55. The van der Waals surface area contributed by atoms with E-state index in [0.717, 1.165) is 5.56 Å². The summed E-state index contributed by atoms with van der Waals surface area (Å²) in [6.45, 7) is 14.0. The van der Waals surface area contributed by atoms with Crippen LogP contribution in [0, 0.1) is 0 Å². The first-order valence-electron chi connectivity index (χ1n) is 9.39. The van der Waals surface area contributed by atoms with Crippen molar-refractivity contribution in [3.63, 3.8) is 0 Å². The van der Waals surface area contributed by atoms with Gasteiger partial charge >= 0.3 is 7.12 Å². The fourth-order valence-electron chi connectivity index (χ4n) is 2.76. The number of hydrogen-bond donors (Lipinski definition) is 0. The Balaban J connectivity index is 2.36. The maximum Gasteiger partial charge on any atom is 0.525 e. The van der Waals surface area contributed by atoms with Crippen molar-refractivity contribution in [2.75, 3.05) is 13.7 Å². The molecule has 0 aliphatic carbocycles. The molecule has 1 fully saturated rings. The highest BCUT2D eigenvalue weighted by atomic mass is 19.1. The predicted molar refractivity (Wildman–Crippen MR) is 107 cm³/mol. The van der Waals surface area contributed by atoms with Crippen molar-refractivity contribution in [2.24, 2.45) is 0 Å². The maximum atomic E-state index is 15.5. The molecule has 0 atom stereocenters. The van der Waals surface area contributed by atoms with Gasteiger partial charge in [0.05, 0.1) is 30.5 Å². The number of benzene rings is 1. The minimum absolute atomic E-state index is 0.291. The van der Waals surface area contributed by atoms with Gasteiger partial charge in [0, 0.05) is 0 Å². The van der Waals surface area contributed by atoms with E-state index < -0.39 is 24.0 Å². The van der Waals surface area contributed by atoms with Crippen molar-refractivity contribution in [3.05, 3.63) is 35.6 Å². The fourth-order valence-corrected chi connectivity index (χ4v) is 2.76. The van der Waals surface area contributed by atoms with Crippen LogP contribution in [0.4, 0.5) is 4.39 Å². The summed E-state index contributed by atoms with van der Waals surface area (Å²) >= 11 is 0. The molecule has 4 nitrogen and oxygen atoms in total. The number of hydrogen-bond acceptors (Lipinski definition) is 4. The Hall–Kier alpha value is -1.37. The molecule has 0 radical (unpaired) electrons. The molecule has 0 saturated carbocycles. The minimum atomic E-state index is -1.04. The third kappa shape index (κ3) is 5.34. The summed E-state index contributed by atoms with van der Waals surface area (Å²) in [6, 6.07) is 7.35. The number of rotatable bonds is 6. The summed E-state index contributed by atoms with van der Waals surface area (Å²) in [5, 5.41) is 0. The topological polar surface area (TPSA) is 36.9 Å². The van der Waals surface area contributed by atoms with E-state index in [0.29, 0.717) is 24.4 Å². The molecule has 1 aliphatic rings. The Morgan fingerprint density at radius 3 is 2.22 bits per heavy atom. The minimum Gasteiger partial charge on any atom is -0.497 e. The summed E-state index contributed by atoms with van der Waals surface area (Å²) < 4.78 is 38.5. The average Bonchev–Trinajstić information content (AvgIpc) is 2.78.